The van der Waals surface area contributed by atoms with Crippen LogP contribution in [0.5, 0.6) is 11.5 Å². The molecular formula is C37H36N4O5. The first-order valence-electron chi connectivity index (χ1n) is 15.1. The fourth-order valence-electron chi connectivity index (χ4n) is 5.67. The molecule has 9 nitrogen and oxygen atoms in total. The van der Waals surface area contributed by atoms with Gasteiger partial charge in [0.05, 0.1) is 20.8 Å². The summed E-state index contributed by atoms with van der Waals surface area (Å²) in [4.78, 5) is 31.6. The van der Waals surface area contributed by atoms with Gasteiger partial charge in [0.1, 0.15) is 11.4 Å². The van der Waals surface area contributed by atoms with E-state index in [2.05, 4.69) is 10.3 Å². The minimum absolute atomic E-state index is 0.0807. The Balaban J connectivity index is 1.26. The molecule has 234 valence electrons. The van der Waals surface area contributed by atoms with Gasteiger partial charge in [-0.3, -0.25) is 9.59 Å². The topological polar surface area (TPSA) is 118 Å². The van der Waals surface area contributed by atoms with Crippen molar-refractivity contribution in [3.05, 3.63) is 113 Å². The lowest BCUT2D eigenvalue weighted by molar-refractivity contribution is 0.102. The molecule has 1 unspecified atom stereocenters. The van der Waals surface area contributed by atoms with E-state index in [9.17, 15) is 9.59 Å². The van der Waals surface area contributed by atoms with Crippen LogP contribution >= 0.6 is 0 Å². The lowest BCUT2D eigenvalue weighted by atomic mass is 10.0. The molecule has 3 aromatic carbocycles. The molecule has 1 aliphatic rings. The summed E-state index contributed by atoms with van der Waals surface area (Å²) in [5.41, 5.74) is 12.3. The van der Waals surface area contributed by atoms with Crippen molar-refractivity contribution in [3.63, 3.8) is 0 Å². The Morgan fingerprint density at radius 1 is 0.913 bits per heavy atom. The van der Waals surface area contributed by atoms with Gasteiger partial charge in [-0.2, -0.15) is 0 Å². The Morgan fingerprint density at radius 2 is 1.61 bits per heavy atom. The minimum Gasteiger partial charge on any atom is -0.493 e. The second kappa shape index (κ2) is 13.3. The lowest BCUT2D eigenvalue weighted by Crippen LogP contribution is -2.25. The highest BCUT2D eigenvalue weighted by molar-refractivity contribution is 6.04. The molecule has 1 atom stereocenters. The van der Waals surface area contributed by atoms with Crippen LogP contribution in [0.15, 0.2) is 96.2 Å². The second-order valence-electron chi connectivity index (χ2n) is 11.5. The largest absolute Gasteiger partial charge is 0.493 e. The SMILES string of the molecule is COc1ccc(-c2cnc(N)c(-c3ccc(NC(=O)c4cn(CC5CCOC5)cc(-c5ccc(C)cc5)c4=O)cc3)c2)cc1OC. The summed E-state index contributed by atoms with van der Waals surface area (Å²) in [6.07, 6.45) is 6.14. The highest BCUT2D eigenvalue weighted by Gasteiger charge is 2.20. The molecule has 0 saturated carbocycles. The van der Waals surface area contributed by atoms with E-state index >= 15 is 0 Å². The molecule has 6 rings (SSSR count). The van der Waals surface area contributed by atoms with Gasteiger partial charge in [0.15, 0.2) is 11.5 Å². The summed E-state index contributed by atoms with van der Waals surface area (Å²) < 4.78 is 18.3. The van der Waals surface area contributed by atoms with E-state index in [-0.39, 0.29) is 11.0 Å². The number of hydrogen-bond acceptors (Lipinski definition) is 7. The number of benzene rings is 3. The fraction of sp³-hybridized carbons (Fsp3) is 0.216. The number of aryl methyl sites for hydroxylation is 1. The first-order valence-corrected chi connectivity index (χ1v) is 15.1. The summed E-state index contributed by atoms with van der Waals surface area (Å²) >= 11 is 0. The molecule has 2 aromatic heterocycles. The van der Waals surface area contributed by atoms with Gasteiger partial charge in [0.2, 0.25) is 5.43 Å². The molecule has 0 spiro atoms. The van der Waals surface area contributed by atoms with Crippen LogP contribution < -0.4 is 26.0 Å². The highest BCUT2D eigenvalue weighted by atomic mass is 16.5. The predicted octanol–water partition coefficient (Wildman–Crippen LogP) is 6.44. The number of nitrogens with one attached hydrogen (secondary N) is 1. The van der Waals surface area contributed by atoms with Gasteiger partial charge in [0.25, 0.3) is 5.91 Å². The van der Waals surface area contributed by atoms with Crippen LogP contribution in [0, 0.1) is 12.8 Å². The van der Waals surface area contributed by atoms with Crippen molar-refractivity contribution in [2.75, 3.05) is 38.5 Å². The third-order valence-electron chi connectivity index (χ3n) is 8.27. The summed E-state index contributed by atoms with van der Waals surface area (Å²) in [5, 5.41) is 2.91. The van der Waals surface area contributed by atoms with Gasteiger partial charge in [-0.05, 0) is 60.4 Å². The third-order valence-corrected chi connectivity index (χ3v) is 8.27. The molecule has 0 aliphatic carbocycles. The Morgan fingerprint density at radius 3 is 2.30 bits per heavy atom. The van der Waals surface area contributed by atoms with Crippen molar-refractivity contribution in [2.45, 2.75) is 19.9 Å². The normalized spacial score (nSPS) is 14.2. The molecule has 1 amide bonds. The molecule has 3 N–H and O–H groups in total. The number of carbonyl (C=O) groups excluding carboxylic acids is 1. The van der Waals surface area contributed by atoms with E-state index in [0.717, 1.165) is 46.4 Å². The van der Waals surface area contributed by atoms with Crippen LogP contribution in [0.4, 0.5) is 11.5 Å². The number of carbonyl (C=O) groups is 1. The number of nitrogens with two attached hydrogens (primary N) is 1. The number of nitrogens with zero attached hydrogens (tertiary/aromatic N) is 2. The molecule has 46 heavy (non-hydrogen) atoms. The maximum Gasteiger partial charge on any atom is 0.261 e. The summed E-state index contributed by atoms with van der Waals surface area (Å²) in [6, 6.07) is 22.7. The summed E-state index contributed by atoms with van der Waals surface area (Å²) in [5.74, 6) is 1.48. The fourth-order valence-corrected chi connectivity index (χ4v) is 5.67. The maximum absolute atomic E-state index is 13.6. The van der Waals surface area contributed by atoms with Gasteiger partial charge in [-0.15, -0.1) is 0 Å². The van der Waals surface area contributed by atoms with E-state index in [1.165, 1.54) is 0 Å². The van der Waals surface area contributed by atoms with E-state index in [1.54, 1.807) is 38.7 Å². The number of rotatable bonds is 9. The van der Waals surface area contributed by atoms with E-state index in [1.807, 2.05) is 78.4 Å². The number of hydrogen-bond donors (Lipinski definition) is 2. The van der Waals surface area contributed by atoms with Crippen molar-refractivity contribution in [1.29, 1.82) is 0 Å². The van der Waals surface area contributed by atoms with Crippen LogP contribution in [0.25, 0.3) is 33.4 Å². The van der Waals surface area contributed by atoms with Crippen molar-refractivity contribution in [2.24, 2.45) is 5.92 Å². The smallest absolute Gasteiger partial charge is 0.261 e. The van der Waals surface area contributed by atoms with Crippen LogP contribution in [0.3, 0.4) is 0 Å². The van der Waals surface area contributed by atoms with Crippen molar-refractivity contribution >= 4 is 17.4 Å². The predicted molar refractivity (Wildman–Crippen MR) is 180 cm³/mol. The highest BCUT2D eigenvalue weighted by Crippen LogP contribution is 2.35. The monoisotopic (exact) mass is 616 g/mol. The zero-order chi connectivity index (χ0) is 32.2. The first-order chi connectivity index (χ1) is 22.3. The first kappa shape index (κ1) is 30.6. The summed E-state index contributed by atoms with van der Waals surface area (Å²) in [6.45, 7) is 4.04. The minimum atomic E-state index is -0.472. The summed E-state index contributed by atoms with van der Waals surface area (Å²) in [7, 11) is 3.19. The second-order valence-corrected chi connectivity index (χ2v) is 11.5. The number of methoxy groups -OCH3 is 2. The van der Waals surface area contributed by atoms with Gasteiger partial charge in [0, 0.05) is 60.0 Å². The van der Waals surface area contributed by atoms with Crippen molar-refractivity contribution in [3.8, 4) is 44.9 Å². The number of aromatic nitrogens is 2. The number of pyridine rings is 2. The van der Waals surface area contributed by atoms with Gasteiger partial charge >= 0.3 is 0 Å². The number of nitrogen functional groups attached to an aromatic ring is 1. The standard InChI is InChI=1S/C37H36N4O5/c1-23-4-6-26(7-5-23)31-20-41(19-24-14-15-46-22-24)21-32(35(31)42)37(43)40-29-11-8-25(9-12-29)30-16-28(18-39-36(30)38)27-10-13-33(44-2)34(17-27)45-3/h4-13,16-18,20-21,24H,14-15,19,22H2,1-3H3,(H2,38,39)(H,40,43). The molecule has 3 heterocycles. The van der Waals surface area contributed by atoms with Crippen LogP contribution in [-0.2, 0) is 11.3 Å². The zero-order valence-electron chi connectivity index (χ0n) is 26.1. The van der Waals surface area contributed by atoms with Gasteiger partial charge < -0.3 is 29.8 Å². The Hall–Kier alpha value is -5.41. The third kappa shape index (κ3) is 6.50. The van der Waals surface area contributed by atoms with Crippen molar-refractivity contribution < 1.29 is 19.0 Å². The van der Waals surface area contributed by atoms with Gasteiger partial charge in [-0.1, -0.05) is 48.0 Å². The van der Waals surface area contributed by atoms with E-state index in [0.29, 0.717) is 47.6 Å². The maximum atomic E-state index is 13.6. The molecule has 0 radical (unpaired) electrons. The average Bonchev–Trinajstić information content (AvgIpc) is 3.59. The number of amides is 1. The molecule has 1 saturated heterocycles. The quantitative estimate of drug-likeness (QED) is 0.196. The molecule has 5 aromatic rings. The lowest BCUT2D eigenvalue weighted by Gasteiger charge is -2.15. The van der Waals surface area contributed by atoms with Crippen LogP contribution in [0.2, 0.25) is 0 Å². The zero-order valence-corrected chi connectivity index (χ0v) is 26.1. The van der Waals surface area contributed by atoms with E-state index < -0.39 is 5.91 Å². The average molecular weight is 617 g/mol. The van der Waals surface area contributed by atoms with Gasteiger partial charge in [-0.25, -0.2) is 4.98 Å². The molecule has 1 aliphatic heterocycles. The number of anilines is 2. The molecule has 0 bridgehead atoms. The molecular weight excluding hydrogens is 580 g/mol. The Labute approximate surface area is 267 Å². The van der Waals surface area contributed by atoms with Crippen molar-refractivity contribution in [1.82, 2.24) is 9.55 Å². The Kier molecular flexibility index (Phi) is 8.85. The Bertz CT molecular complexity index is 1930. The van der Waals surface area contributed by atoms with E-state index in [4.69, 9.17) is 19.9 Å². The van der Waals surface area contributed by atoms with Crippen LogP contribution in [0.1, 0.15) is 22.3 Å². The molecule has 9 heteroatoms. The molecule has 1 fully saturated rings. The van der Waals surface area contributed by atoms with Crippen LogP contribution in [-0.4, -0.2) is 42.9 Å². The number of ether oxygens (including phenoxy) is 3.